The van der Waals surface area contributed by atoms with Crippen molar-refractivity contribution in [3.63, 3.8) is 0 Å². The van der Waals surface area contributed by atoms with Crippen molar-refractivity contribution < 1.29 is 9.84 Å². The van der Waals surface area contributed by atoms with E-state index in [4.69, 9.17) is 4.74 Å². The average Bonchev–Trinajstić information content (AvgIpc) is 2.46. The van der Waals surface area contributed by atoms with E-state index in [1.807, 2.05) is 12.1 Å². The zero-order valence-electron chi connectivity index (χ0n) is 7.38. The summed E-state index contributed by atoms with van der Waals surface area (Å²) >= 11 is 3.41. The first kappa shape index (κ1) is 9.03. The molecule has 2 rings (SSSR count). The van der Waals surface area contributed by atoms with Crippen molar-refractivity contribution in [3.8, 4) is 5.75 Å². The van der Waals surface area contributed by atoms with Crippen LogP contribution in [-0.4, -0.2) is 12.2 Å². The molecule has 0 fully saturated rings. The predicted octanol–water partition coefficient (Wildman–Crippen LogP) is 2.44. The van der Waals surface area contributed by atoms with Crippen LogP contribution < -0.4 is 4.74 Å². The normalized spacial score (nSPS) is 20.1. The smallest absolute Gasteiger partial charge is 0.126 e. The lowest BCUT2D eigenvalue weighted by molar-refractivity contribution is 0.176. The maximum Gasteiger partial charge on any atom is 0.126 e. The van der Waals surface area contributed by atoms with E-state index < -0.39 is 0 Å². The fraction of sp³-hybridized carbons (Fsp3) is 0.400. The van der Waals surface area contributed by atoms with Crippen LogP contribution in [-0.2, 0) is 6.42 Å². The fourth-order valence-corrected chi connectivity index (χ4v) is 2.32. The summed E-state index contributed by atoms with van der Waals surface area (Å²) < 4.78 is 6.23. The number of aryl methyl sites for hydroxylation is 1. The minimum absolute atomic E-state index is 0.349. The Morgan fingerprint density at radius 3 is 3.00 bits per heavy atom. The van der Waals surface area contributed by atoms with Crippen molar-refractivity contribution in [2.24, 2.45) is 0 Å². The highest BCUT2D eigenvalue weighted by molar-refractivity contribution is 9.10. The van der Waals surface area contributed by atoms with Crippen LogP contribution in [0.3, 0.4) is 0 Å². The molecule has 0 bridgehead atoms. The van der Waals surface area contributed by atoms with Crippen molar-refractivity contribution in [2.45, 2.75) is 18.9 Å². The summed E-state index contributed by atoms with van der Waals surface area (Å²) in [5.74, 6) is 0.786. The molecule has 0 aliphatic heterocycles. The summed E-state index contributed by atoms with van der Waals surface area (Å²) in [6.07, 6.45) is 1.40. The Labute approximate surface area is 85.7 Å². The number of rotatable bonds is 1. The molecule has 0 unspecified atom stereocenters. The summed E-state index contributed by atoms with van der Waals surface area (Å²) in [5.41, 5.74) is 2.16. The number of methoxy groups -OCH3 is 1. The Morgan fingerprint density at radius 1 is 1.54 bits per heavy atom. The topological polar surface area (TPSA) is 29.5 Å². The van der Waals surface area contributed by atoms with Crippen molar-refractivity contribution in [1.29, 1.82) is 0 Å². The third kappa shape index (κ3) is 1.46. The molecule has 2 nitrogen and oxygen atoms in total. The molecule has 1 aromatic rings. The van der Waals surface area contributed by atoms with E-state index in [1.54, 1.807) is 7.11 Å². The molecule has 0 saturated heterocycles. The molecule has 0 saturated carbocycles. The van der Waals surface area contributed by atoms with Gasteiger partial charge in [-0.05, 0) is 30.5 Å². The predicted molar refractivity (Wildman–Crippen MR) is 54.0 cm³/mol. The molecular formula is C10H11BrO2. The second-order valence-corrected chi connectivity index (χ2v) is 4.15. The number of fused-ring (bicyclic) bond motifs is 1. The third-order valence-electron chi connectivity index (χ3n) is 2.43. The highest BCUT2D eigenvalue weighted by Crippen LogP contribution is 2.39. The van der Waals surface area contributed by atoms with Gasteiger partial charge in [0, 0.05) is 10.0 Å². The Balaban J connectivity index is 2.57. The summed E-state index contributed by atoms with van der Waals surface area (Å²) in [7, 11) is 1.63. The highest BCUT2D eigenvalue weighted by Gasteiger charge is 2.24. The van der Waals surface area contributed by atoms with Crippen LogP contribution in [0.25, 0.3) is 0 Å². The molecule has 1 aromatic carbocycles. The standard InChI is InChI=1S/C10H11BrO2/c1-13-9-5-7(11)4-6-2-3-8(12)10(6)9/h4-5,8,12H,2-3H2,1H3/t8-/m0/s1. The molecule has 1 atom stereocenters. The van der Waals surface area contributed by atoms with Gasteiger partial charge in [-0.2, -0.15) is 0 Å². The van der Waals surface area contributed by atoms with E-state index in [2.05, 4.69) is 15.9 Å². The largest absolute Gasteiger partial charge is 0.496 e. The average molecular weight is 243 g/mol. The van der Waals surface area contributed by atoms with Gasteiger partial charge in [-0.25, -0.2) is 0 Å². The Hall–Kier alpha value is -0.540. The number of benzene rings is 1. The van der Waals surface area contributed by atoms with E-state index in [-0.39, 0.29) is 6.10 Å². The quantitative estimate of drug-likeness (QED) is 0.820. The summed E-state index contributed by atoms with van der Waals surface area (Å²) in [6.45, 7) is 0. The first-order valence-corrected chi connectivity index (χ1v) is 5.06. The van der Waals surface area contributed by atoms with Gasteiger partial charge in [-0.1, -0.05) is 15.9 Å². The number of hydrogen-bond donors (Lipinski definition) is 1. The number of halogens is 1. The summed E-state index contributed by atoms with van der Waals surface area (Å²) in [4.78, 5) is 0. The zero-order chi connectivity index (χ0) is 9.42. The van der Waals surface area contributed by atoms with Crippen molar-refractivity contribution in [2.75, 3.05) is 7.11 Å². The minimum Gasteiger partial charge on any atom is -0.496 e. The molecule has 0 amide bonds. The van der Waals surface area contributed by atoms with Crippen LogP contribution in [0, 0.1) is 0 Å². The lowest BCUT2D eigenvalue weighted by Gasteiger charge is -2.10. The van der Waals surface area contributed by atoms with E-state index in [9.17, 15) is 5.11 Å². The number of aliphatic hydroxyl groups excluding tert-OH is 1. The van der Waals surface area contributed by atoms with E-state index in [0.717, 1.165) is 28.6 Å². The number of ether oxygens (including phenoxy) is 1. The van der Waals surface area contributed by atoms with E-state index in [0.29, 0.717) is 0 Å². The van der Waals surface area contributed by atoms with Crippen LogP contribution in [0.1, 0.15) is 23.7 Å². The van der Waals surface area contributed by atoms with Crippen LogP contribution >= 0.6 is 15.9 Å². The van der Waals surface area contributed by atoms with E-state index >= 15 is 0 Å². The monoisotopic (exact) mass is 242 g/mol. The SMILES string of the molecule is COc1cc(Br)cc2c1[C@@H](O)CC2. The number of aliphatic hydroxyl groups is 1. The van der Waals surface area contributed by atoms with Gasteiger partial charge in [0.15, 0.2) is 0 Å². The molecule has 0 aromatic heterocycles. The van der Waals surface area contributed by atoms with E-state index in [1.165, 1.54) is 5.56 Å². The van der Waals surface area contributed by atoms with Crippen LogP contribution in [0.4, 0.5) is 0 Å². The first-order valence-electron chi connectivity index (χ1n) is 4.26. The maximum absolute atomic E-state index is 9.69. The van der Waals surface area contributed by atoms with Crippen LogP contribution in [0.15, 0.2) is 16.6 Å². The molecular weight excluding hydrogens is 232 g/mol. The van der Waals surface area contributed by atoms with Crippen molar-refractivity contribution >= 4 is 15.9 Å². The molecule has 0 radical (unpaired) electrons. The van der Waals surface area contributed by atoms with Gasteiger partial charge in [0.2, 0.25) is 0 Å². The molecule has 1 aliphatic carbocycles. The summed E-state index contributed by atoms with van der Waals surface area (Å²) in [6, 6.07) is 3.95. The second-order valence-electron chi connectivity index (χ2n) is 3.24. The first-order chi connectivity index (χ1) is 6.22. The van der Waals surface area contributed by atoms with Crippen molar-refractivity contribution in [3.05, 3.63) is 27.7 Å². The molecule has 3 heteroatoms. The maximum atomic E-state index is 9.69. The van der Waals surface area contributed by atoms with Gasteiger partial charge >= 0.3 is 0 Å². The van der Waals surface area contributed by atoms with Gasteiger partial charge in [-0.15, -0.1) is 0 Å². The molecule has 0 heterocycles. The number of hydrogen-bond acceptors (Lipinski definition) is 2. The van der Waals surface area contributed by atoms with Gasteiger partial charge in [0.25, 0.3) is 0 Å². The van der Waals surface area contributed by atoms with Gasteiger partial charge < -0.3 is 9.84 Å². The Kier molecular flexibility index (Phi) is 2.30. The molecule has 70 valence electrons. The van der Waals surface area contributed by atoms with Gasteiger partial charge in [0.05, 0.1) is 13.2 Å². The summed E-state index contributed by atoms with van der Waals surface area (Å²) in [5, 5.41) is 9.69. The van der Waals surface area contributed by atoms with Crippen molar-refractivity contribution in [1.82, 2.24) is 0 Å². The molecule has 1 aliphatic rings. The minimum atomic E-state index is -0.349. The van der Waals surface area contributed by atoms with Crippen LogP contribution in [0.5, 0.6) is 5.75 Å². The lowest BCUT2D eigenvalue weighted by Crippen LogP contribution is -1.95. The molecule has 13 heavy (non-hydrogen) atoms. The Bertz CT molecular complexity index is 336. The molecule has 1 N–H and O–H groups in total. The fourth-order valence-electron chi connectivity index (χ4n) is 1.84. The Morgan fingerprint density at radius 2 is 2.31 bits per heavy atom. The lowest BCUT2D eigenvalue weighted by atomic mass is 10.1. The molecule has 0 spiro atoms. The van der Waals surface area contributed by atoms with Gasteiger partial charge in [-0.3, -0.25) is 0 Å². The van der Waals surface area contributed by atoms with Crippen LogP contribution in [0.2, 0.25) is 0 Å². The third-order valence-corrected chi connectivity index (χ3v) is 2.89. The van der Waals surface area contributed by atoms with Gasteiger partial charge in [0.1, 0.15) is 5.75 Å². The highest BCUT2D eigenvalue weighted by atomic mass is 79.9. The zero-order valence-corrected chi connectivity index (χ0v) is 8.97. The second kappa shape index (κ2) is 3.31.